The summed E-state index contributed by atoms with van der Waals surface area (Å²) in [5.41, 5.74) is 2.07. The average molecular weight is 499 g/mol. The van der Waals surface area contributed by atoms with Gasteiger partial charge in [0.1, 0.15) is 18.1 Å². The summed E-state index contributed by atoms with van der Waals surface area (Å²) in [6, 6.07) is 23.7. The first-order valence-corrected chi connectivity index (χ1v) is 11.4. The molecule has 5 rings (SSSR count). The molecule has 36 heavy (non-hydrogen) atoms. The number of imide groups is 1. The number of carbonyl (C=O) groups is 3. The predicted molar refractivity (Wildman–Crippen MR) is 137 cm³/mol. The highest BCUT2D eigenvalue weighted by Crippen LogP contribution is 2.32. The van der Waals surface area contributed by atoms with Crippen LogP contribution in [0.15, 0.2) is 90.6 Å². The third-order valence-electron chi connectivity index (χ3n) is 5.76. The molecular weight excluding hydrogens is 480 g/mol. The SMILES string of the molecule is O=C(O)c1ccc(COc2ccc3ccccc3c2/C=C2/NC(=O)N(c3cccc(Cl)c3)C2=O)cc1. The highest BCUT2D eigenvalue weighted by atomic mass is 35.5. The maximum Gasteiger partial charge on any atom is 0.335 e. The number of ether oxygens (including phenoxy) is 1. The van der Waals surface area contributed by atoms with Crippen LogP contribution in [0.4, 0.5) is 10.5 Å². The monoisotopic (exact) mass is 498 g/mol. The lowest BCUT2D eigenvalue weighted by Crippen LogP contribution is -2.30. The number of carbonyl (C=O) groups excluding carboxylic acids is 2. The lowest BCUT2D eigenvalue weighted by Gasteiger charge is -2.13. The molecule has 1 heterocycles. The van der Waals surface area contributed by atoms with Crippen LogP contribution in [0, 0.1) is 0 Å². The topological polar surface area (TPSA) is 95.9 Å². The number of nitrogens with zero attached hydrogens (tertiary/aromatic N) is 1. The molecule has 0 bridgehead atoms. The van der Waals surface area contributed by atoms with E-state index < -0.39 is 17.9 Å². The predicted octanol–water partition coefficient (Wildman–Crippen LogP) is 5.87. The zero-order valence-electron chi connectivity index (χ0n) is 18.8. The smallest absolute Gasteiger partial charge is 0.335 e. The van der Waals surface area contributed by atoms with Gasteiger partial charge < -0.3 is 15.2 Å². The van der Waals surface area contributed by atoms with E-state index in [0.29, 0.717) is 22.0 Å². The molecule has 0 atom stereocenters. The minimum absolute atomic E-state index is 0.104. The van der Waals surface area contributed by atoms with Gasteiger partial charge in [0.15, 0.2) is 0 Å². The van der Waals surface area contributed by atoms with E-state index in [4.69, 9.17) is 21.4 Å². The van der Waals surface area contributed by atoms with E-state index in [9.17, 15) is 14.4 Å². The quantitative estimate of drug-likeness (QED) is 0.256. The van der Waals surface area contributed by atoms with E-state index in [1.165, 1.54) is 12.1 Å². The Morgan fingerprint density at radius 2 is 1.75 bits per heavy atom. The number of anilines is 1. The Morgan fingerprint density at radius 3 is 2.50 bits per heavy atom. The number of benzene rings is 4. The molecule has 4 aromatic rings. The van der Waals surface area contributed by atoms with Crippen LogP contribution in [0.3, 0.4) is 0 Å². The van der Waals surface area contributed by atoms with Gasteiger partial charge in [0.05, 0.1) is 11.3 Å². The summed E-state index contributed by atoms with van der Waals surface area (Å²) >= 11 is 6.05. The molecule has 0 aliphatic carbocycles. The zero-order valence-corrected chi connectivity index (χ0v) is 19.5. The number of hydrogen-bond donors (Lipinski definition) is 2. The van der Waals surface area contributed by atoms with E-state index in [-0.39, 0.29) is 17.9 Å². The van der Waals surface area contributed by atoms with Crippen LogP contribution in [-0.2, 0) is 11.4 Å². The van der Waals surface area contributed by atoms with Crippen LogP contribution in [0.5, 0.6) is 5.75 Å². The van der Waals surface area contributed by atoms with Crippen LogP contribution in [0.25, 0.3) is 16.8 Å². The summed E-state index contributed by atoms with van der Waals surface area (Å²) in [6.45, 7) is 0.184. The van der Waals surface area contributed by atoms with Crippen LogP contribution >= 0.6 is 11.6 Å². The van der Waals surface area contributed by atoms with Crippen LogP contribution in [0.1, 0.15) is 21.5 Å². The molecular formula is C28H19ClN2O5. The maximum absolute atomic E-state index is 13.2. The Morgan fingerprint density at radius 1 is 0.972 bits per heavy atom. The number of urea groups is 1. The van der Waals surface area contributed by atoms with Gasteiger partial charge in [0.2, 0.25) is 0 Å². The molecule has 1 saturated heterocycles. The molecule has 1 aliphatic rings. The van der Waals surface area contributed by atoms with Crippen molar-refractivity contribution in [3.8, 4) is 5.75 Å². The largest absolute Gasteiger partial charge is 0.488 e. The minimum Gasteiger partial charge on any atom is -0.488 e. The van der Waals surface area contributed by atoms with Crippen molar-refractivity contribution in [2.24, 2.45) is 0 Å². The van der Waals surface area contributed by atoms with Crippen LogP contribution in [-0.4, -0.2) is 23.0 Å². The number of carboxylic acids is 1. The summed E-state index contributed by atoms with van der Waals surface area (Å²) in [6.07, 6.45) is 1.61. The fraction of sp³-hybridized carbons (Fsp3) is 0.0357. The Bertz CT molecular complexity index is 1550. The molecule has 0 saturated carbocycles. The maximum atomic E-state index is 13.2. The van der Waals surface area contributed by atoms with Crippen molar-refractivity contribution in [3.05, 3.63) is 112 Å². The first-order valence-electron chi connectivity index (χ1n) is 11.0. The Hall–Kier alpha value is -4.62. The van der Waals surface area contributed by atoms with Crippen molar-refractivity contribution in [1.29, 1.82) is 0 Å². The van der Waals surface area contributed by atoms with Crippen molar-refractivity contribution in [2.75, 3.05) is 4.90 Å². The average Bonchev–Trinajstić information content (AvgIpc) is 3.16. The van der Waals surface area contributed by atoms with Gasteiger partial charge >= 0.3 is 12.0 Å². The van der Waals surface area contributed by atoms with Crippen molar-refractivity contribution in [3.63, 3.8) is 0 Å². The number of aromatic carboxylic acids is 1. The third-order valence-corrected chi connectivity index (χ3v) is 5.99. The Kier molecular flexibility index (Phi) is 6.14. The fourth-order valence-electron chi connectivity index (χ4n) is 3.98. The van der Waals surface area contributed by atoms with Gasteiger partial charge in [-0.1, -0.05) is 60.1 Å². The highest BCUT2D eigenvalue weighted by molar-refractivity contribution is 6.32. The molecule has 2 N–H and O–H groups in total. The molecule has 7 nitrogen and oxygen atoms in total. The van der Waals surface area contributed by atoms with E-state index in [1.54, 1.807) is 48.5 Å². The second kappa shape index (κ2) is 9.56. The first-order chi connectivity index (χ1) is 17.4. The highest BCUT2D eigenvalue weighted by Gasteiger charge is 2.35. The number of fused-ring (bicyclic) bond motifs is 1. The molecule has 8 heteroatoms. The van der Waals surface area contributed by atoms with Gasteiger partial charge in [-0.25, -0.2) is 14.5 Å². The normalized spacial score (nSPS) is 14.4. The summed E-state index contributed by atoms with van der Waals surface area (Å²) in [5, 5.41) is 13.9. The summed E-state index contributed by atoms with van der Waals surface area (Å²) in [4.78, 5) is 38.0. The fourth-order valence-corrected chi connectivity index (χ4v) is 4.17. The summed E-state index contributed by atoms with van der Waals surface area (Å²) in [7, 11) is 0. The van der Waals surface area contributed by atoms with Gasteiger partial charge in [-0.3, -0.25) is 4.79 Å². The third kappa shape index (κ3) is 4.52. The molecule has 0 unspecified atom stereocenters. The van der Waals surface area contributed by atoms with Crippen molar-refractivity contribution >= 4 is 52.0 Å². The molecule has 4 aromatic carbocycles. The van der Waals surface area contributed by atoms with Crippen molar-refractivity contribution in [2.45, 2.75) is 6.61 Å². The van der Waals surface area contributed by atoms with E-state index in [1.807, 2.05) is 30.3 Å². The molecule has 0 spiro atoms. The van der Waals surface area contributed by atoms with Gasteiger partial charge in [0.25, 0.3) is 5.91 Å². The van der Waals surface area contributed by atoms with Gasteiger partial charge in [-0.2, -0.15) is 0 Å². The molecule has 178 valence electrons. The van der Waals surface area contributed by atoms with Crippen LogP contribution < -0.4 is 15.0 Å². The second-order valence-corrected chi connectivity index (χ2v) is 8.53. The number of nitrogens with one attached hydrogen (secondary N) is 1. The molecule has 1 fully saturated rings. The number of rotatable bonds is 6. The van der Waals surface area contributed by atoms with E-state index in [2.05, 4.69) is 5.32 Å². The summed E-state index contributed by atoms with van der Waals surface area (Å²) in [5.74, 6) is -1.00. The van der Waals surface area contributed by atoms with E-state index in [0.717, 1.165) is 21.2 Å². The number of halogens is 1. The zero-order chi connectivity index (χ0) is 25.2. The molecule has 3 amide bonds. The van der Waals surface area contributed by atoms with Gasteiger partial charge in [0, 0.05) is 10.6 Å². The van der Waals surface area contributed by atoms with Gasteiger partial charge in [-0.05, 0) is 58.8 Å². The number of amides is 3. The molecule has 0 aromatic heterocycles. The minimum atomic E-state index is -0.999. The van der Waals surface area contributed by atoms with Crippen molar-refractivity contribution in [1.82, 2.24) is 5.32 Å². The number of carboxylic acid groups (broad SMARTS) is 1. The Labute approximate surface area is 211 Å². The van der Waals surface area contributed by atoms with Gasteiger partial charge in [-0.15, -0.1) is 0 Å². The molecule has 0 radical (unpaired) electrons. The number of hydrogen-bond acceptors (Lipinski definition) is 4. The van der Waals surface area contributed by atoms with E-state index >= 15 is 0 Å². The first kappa shape index (κ1) is 23.1. The van der Waals surface area contributed by atoms with Crippen molar-refractivity contribution < 1.29 is 24.2 Å². The second-order valence-electron chi connectivity index (χ2n) is 8.10. The van der Waals surface area contributed by atoms with Crippen LogP contribution in [0.2, 0.25) is 5.02 Å². The lowest BCUT2D eigenvalue weighted by atomic mass is 10.0. The lowest BCUT2D eigenvalue weighted by molar-refractivity contribution is -0.113. The summed E-state index contributed by atoms with van der Waals surface area (Å²) < 4.78 is 6.08. The molecule has 1 aliphatic heterocycles. The standard InChI is InChI=1S/C28H19ClN2O5/c29-20-5-3-6-21(14-20)31-26(32)24(30-28(31)35)15-23-22-7-2-1-4-18(22)12-13-25(23)36-16-17-8-10-19(11-9-17)27(33)34/h1-15H,16H2,(H,30,35)(H,33,34)/b24-15+. The Balaban J connectivity index is 1.50.